The van der Waals surface area contributed by atoms with E-state index in [0.717, 1.165) is 11.8 Å². The van der Waals surface area contributed by atoms with Gasteiger partial charge in [-0.2, -0.15) is 0 Å². The predicted octanol–water partition coefficient (Wildman–Crippen LogP) is 4.40. The number of hydrogen-bond donors (Lipinski definition) is 1. The Kier molecular flexibility index (Phi) is 3.93. The molecule has 1 saturated carbocycles. The van der Waals surface area contributed by atoms with E-state index < -0.39 is 0 Å². The van der Waals surface area contributed by atoms with Gasteiger partial charge in [-0.1, -0.05) is 49.9 Å². The fraction of sp³-hybridized carbons (Fsp3) is 0.667. The molecule has 1 fully saturated rings. The van der Waals surface area contributed by atoms with Gasteiger partial charge in [-0.25, -0.2) is 0 Å². The monoisotopic (exact) mass is 257 g/mol. The summed E-state index contributed by atoms with van der Waals surface area (Å²) in [5.74, 6) is 1.82. The maximum atomic E-state index is 3.87. The van der Waals surface area contributed by atoms with Crippen molar-refractivity contribution in [2.75, 3.05) is 6.54 Å². The Morgan fingerprint density at radius 3 is 2.84 bits per heavy atom. The standard InChI is InChI=1S/C18H27N/c1-13-7-8-15-9-10-18(17(15)11-13)19-12-16-6-4-3-5-14(16)2/h7-8,11,14,16,18-19H,3-6,9-10,12H2,1-2H3. The molecule has 0 amide bonds. The Morgan fingerprint density at radius 1 is 1.16 bits per heavy atom. The molecule has 1 nitrogen and oxygen atoms in total. The average molecular weight is 257 g/mol. The van der Waals surface area contributed by atoms with Crippen molar-refractivity contribution >= 4 is 0 Å². The minimum atomic E-state index is 0.615. The SMILES string of the molecule is Cc1ccc2c(c1)C(NCC1CCCCC1C)CC2. The maximum Gasteiger partial charge on any atom is 0.0326 e. The number of rotatable bonds is 3. The molecule has 0 spiro atoms. The highest BCUT2D eigenvalue weighted by Gasteiger charge is 2.25. The van der Waals surface area contributed by atoms with Crippen LogP contribution in [-0.2, 0) is 6.42 Å². The quantitative estimate of drug-likeness (QED) is 0.846. The molecule has 1 aromatic rings. The summed E-state index contributed by atoms with van der Waals surface area (Å²) in [5.41, 5.74) is 4.54. The van der Waals surface area contributed by atoms with Gasteiger partial charge in [-0.15, -0.1) is 0 Å². The van der Waals surface area contributed by atoms with Gasteiger partial charge >= 0.3 is 0 Å². The van der Waals surface area contributed by atoms with Gasteiger partial charge in [0.15, 0.2) is 0 Å². The fourth-order valence-electron chi connectivity index (χ4n) is 3.92. The van der Waals surface area contributed by atoms with Crippen molar-refractivity contribution in [2.45, 2.75) is 58.4 Å². The molecule has 0 aliphatic heterocycles. The molecule has 0 heterocycles. The first kappa shape index (κ1) is 13.2. The summed E-state index contributed by atoms with van der Waals surface area (Å²) in [6.45, 7) is 5.87. The van der Waals surface area contributed by atoms with Crippen LogP contribution in [0, 0.1) is 18.8 Å². The van der Waals surface area contributed by atoms with Gasteiger partial charge in [-0.3, -0.25) is 0 Å². The van der Waals surface area contributed by atoms with Gasteiger partial charge in [0.1, 0.15) is 0 Å². The molecule has 3 unspecified atom stereocenters. The Labute approximate surface area is 117 Å². The molecule has 2 aliphatic carbocycles. The molecule has 0 saturated heterocycles. The highest BCUT2D eigenvalue weighted by atomic mass is 14.9. The van der Waals surface area contributed by atoms with Crippen molar-refractivity contribution in [1.82, 2.24) is 5.32 Å². The lowest BCUT2D eigenvalue weighted by atomic mass is 9.80. The summed E-state index contributed by atoms with van der Waals surface area (Å²) >= 11 is 0. The molecule has 1 N–H and O–H groups in total. The lowest BCUT2D eigenvalue weighted by molar-refractivity contribution is 0.240. The zero-order valence-electron chi connectivity index (χ0n) is 12.4. The van der Waals surface area contributed by atoms with Crippen molar-refractivity contribution in [3.63, 3.8) is 0 Å². The number of fused-ring (bicyclic) bond motifs is 1. The normalized spacial score (nSPS) is 30.3. The van der Waals surface area contributed by atoms with Gasteiger partial charge in [0.05, 0.1) is 0 Å². The van der Waals surface area contributed by atoms with Crippen molar-refractivity contribution in [3.05, 3.63) is 34.9 Å². The van der Waals surface area contributed by atoms with Crippen LogP contribution in [0.25, 0.3) is 0 Å². The lowest BCUT2D eigenvalue weighted by Crippen LogP contribution is -2.31. The van der Waals surface area contributed by atoms with Crippen molar-refractivity contribution < 1.29 is 0 Å². The third kappa shape index (κ3) is 2.86. The molecular weight excluding hydrogens is 230 g/mol. The third-order valence-corrected chi connectivity index (χ3v) is 5.29. The highest BCUT2D eigenvalue weighted by molar-refractivity contribution is 5.37. The van der Waals surface area contributed by atoms with Crippen molar-refractivity contribution in [3.8, 4) is 0 Å². The highest BCUT2D eigenvalue weighted by Crippen LogP contribution is 2.33. The molecule has 0 bridgehead atoms. The lowest BCUT2D eigenvalue weighted by Gasteiger charge is -2.30. The molecule has 19 heavy (non-hydrogen) atoms. The van der Waals surface area contributed by atoms with Crippen LogP contribution < -0.4 is 5.32 Å². The van der Waals surface area contributed by atoms with Crippen molar-refractivity contribution in [1.29, 1.82) is 0 Å². The van der Waals surface area contributed by atoms with Crippen LogP contribution in [0.5, 0.6) is 0 Å². The van der Waals surface area contributed by atoms with Gasteiger partial charge in [-0.05, 0) is 55.7 Å². The van der Waals surface area contributed by atoms with Crippen LogP contribution >= 0.6 is 0 Å². The fourth-order valence-corrected chi connectivity index (χ4v) is 3.92. The van der Waals surface area contributed by atoms with E-state index in [2.05, 4.69) is 37.4 Å². The van der Waals surface area contributed by atoms with Crippen LogP contribution in [-0.4, -0.2) is 6.54 Å². The molecule has 3 rings (SSSR count). The molecule has 1 aromatic carbocycles. The minimum Gasteiger partial charge on any atom is -0.310 e. The summed E-state index contributed by atoms with van der Waals surface area (Å²) in [6, 6.07) is 7.59. The van der Waals surface area contributed by atoms with Gasteiger partial charge in [0, 0.05) is 6.04 Å². The molecule has 3 atom stereocenters. The van der Waals surface area contributed by atoms with Crippen LogP contribution in [0.4, 0.5) is 0 Å². The van der Waals surface area contributed by atoms with Gasteiger partial charge in [0.2, 0.25) is 0 Å². The number of aryl methyl sites for hydroxylation is 2. The van der Waals surface area contributed by atoms with E-state index >= 15 is 0 Å². The van der Waals surface area contributed by atoms with E-state index in [9.17, 15) is 0 Å². The first-order valence-electron chi connectivity index (χ1n) is 8.07. The molecule has 0 aromatic heterocycles. The second kappa shape index (κ2) is 5.66. The van der Waals surface area contributed by atoms with E-state index in [1.165, 1.54) is 50.6 Å². The molecule has 2 aliphatic rings. The number of benzene rings is 1. The largest absolute Gasteiger partial charge is 0.310 e. The van der Waals surface area contributed by atoms with Crippen LogP contribution in [0.15, 0.2) is 18.2 Å². The molecule has 104 valence electrons. The second-order valence-corrected chi connectivity index (χ2v) is 6.72. The molecular formula is C18H27N. The van der Waals surface area contributed by atoms with Crippen molar-refractivity contribution in [2.24, 2.45) is 11.8 Å². The predicted molar refractivity (Wildman–Crippen MR) is 81.4 cm³/mol. The maximum absolute atomic E-state index is 3.87. The Bertz CT molecular complexity index is 437. The van der Waals surface area contributed by atoms with Crippen LogP contribution in [0.2, 0.25) is 0 Å². The van der Waals surface area contributed by atoms with Crippen LogP contribution in [0.1, 0.15) is 61.8 Å². The van der Waals surface area contributed by atoms with Gasteiger partial charge in [0.25, 0.3) is 0 Å². The Balaban J connectivity index is 1.61. The summed E-state index contributed by atoms with van der Waals surface area (Å²) in [4.78, 5) is 0. The Morgan fingerprint density at radius 2 is 2.00 bits per heavy atom. The smallest absolute Gasteiger partial charge is 0.0326 e. The number of hydrogen-bond acceptors (Lipinski definition) is 1. The second-order valence-electron chi connectivity index (χ2n) is 6.72. The summed E-state index contributed by atoms with van der Waals surface area (Å²) < 4.78 is 0. The molecule has 0 radical (unpaired) electrons. The van der Waals surface area contributed by atoms with E-state index in [1.54, 1.807) is 11.1 Å². The first-order valence-corrected chi connectivity index (χ1v) is 8.07. The summed E-state index contributed by atoms with van der Waals surface area (Å²) in [7, 11) is 0. The van der Waals surface area contributed by atoms with E-state index in [1.807, 2.05) is 0 Å². The van der Waals surface area contributed by atoms with Crippen LogP contribution in [0.3, 0.4) is 0 Å². The Hall–Kier alpha value is -0.820. The average Bonchev–Trinajstić information content (AvgIpc) is 2.80. The number of nitrogens with one attached hydrogen (secondary N) is 1. The van der Waals surface area contributed by atoms with E-state index in [-0.39, 0.29) is 0 Å². The first-order chi connectivity index (χ1) is 9.24. The third-order valence-electron chi connectivity index (χ3n) is 5.29. The zero-order valence-corrected chi connectivity index (χ0v) is 12.4. The topological polar surface area (TPSA) is 12.0 Å². The summed E-state index contributed by atoms with van der Waals surface area (Å²) in [6.07, 6.45) is 8.31. The van der Waals surface area contributed by atoms with E-state index in [4.69, 9.17) is 0 Å². The van der Waals surface area contributed by atoms with E-state index in [0.29, 0.717) is 6.04 Å². The summed E-state index contributed by atoms with van der Waals surface area (Å²) in [5, 5.41) is 3.87. The zero-order chi connectivity index (χ0) is 13.2. The van der Waals surface area contributed by atoms with Gasteiger partial charge < -0.3 is 5.32 Å². The minimum absolute atomic E-state index is 0.615. The molecule has 1 heteroatoms.